The van der Waals surface area contributed by atoms with Crippen molar-refractivity contribution in [2.24, 2.45) is 0 Å². The molecule has 0 unspecified atom stereocenters. The van der Waals surface area contributed by atoms with Crippen molar-refractivity contribution in [3.8, 4) is 12.3 Å². The van der Waals surface area contributed by atoms with Gasteiger partial charge in [-0.05, 0) is 18.2 Å². The van der Waals surface area contributed by atoms with Gasteiger partial charge in [0.2, 0.25) is 0 Å². The number of nitrogens with two attached hydrogens (primary N) is 2. The Bertz CT molecular complexity index is 440. The van der Waals surface area contributed by atoms with E-state index in [1.54, 1.807) is 30.0 Å². The van der Waals surface area contributed by atoms with Crippen LogP contribution in [0.5, 0.6) is 0 Å². The van der Waals surface area contributed by atoms with Crippen LogP contribution in [0.25, 0.3) is 0 Å². The van der Waals surface area contributed by atoms with Crippen molar-refractivity contribution in [3.63, 3.8) is 0 Å². The molecule has 0 radical (unpaired) electrons. The molecule has 0 aromatic heterocycles. The summed E-state index contributed by atoms with van der Waals surface area (Å²) < 4.78 is 0. The number of nitrogen functional groups attached to an aromatic ring is 2. The number of terminal acetylenes is 1. The van der Waals surface area contributed by atoms with E-state index in [-0.39, 0.29) is 5.91 Å². The number of anilines is 2. The number of hydrogen-bond donors (Lipinski definition) is 3. The van der Waals surface area contributed by atoms with Crippen LogP contribution in [0.1, 0.15) is 10.4 Å². The van der Waals surface area contributed by atoms with E-state index in [1.807, 2.05) is 0 Å². The second kappa shape index (κ2) is 6.71. The number of rotatable bonds is 5. The lowest BCUT2D eigenvalue weighted by Gasteiger charge is -2.07. The lowest BCUT2D eigenvalue weighted by atomic mass is 10.1. The Balaban J connectivity index is 2.45. The molecular formula is C12H15N3OS. The molecule has 0 saturated carbocycles. The van der Waals surface area contributed by atoms with Gasteiger partial charge in [0.05, 0.1) is 11.3 Å². The number of nitrogens with one attached hydrogen (secondary N) is 1. The minimum Gasteiger partial charge on any atom is -0.399 e. The third-order valence-electron chi connectivity index (χ3n) is 2.04. The number of benzene rings is 1. The molecule has 1 aromatic rings. The Morgan fingerprint density at radius 1 is 1.47 bits per heavy atom. The first-order chi connectivity index (χ1) is 8.15. The summed E-state index contributed by atoms with van der Waals surface area (Å²) in [6.45, 7) is 0.564. The van der Waals surface area contributed by atoms with Gasteiger partial charge >= 0.3 is 0 Å². The van der Waals surface area contributed by atoms with Gasteiger partial charge in [0.15, 0.2) is 0 Å². The first-order valence-electron chi connectivity index (χ1n) is 5.09. The van der Waals surface area contributed by atoms with E-state index >= 15 is 0 Å². The molecule has 5 heteroatoms. The quantitative estimate of drug-likeness (QED) is 0.412. The average Bonchev–Trinajstić information content (AvgIpc) is 2.28. The molecule has 0 fully saturated rings. The van der Waals surface area contributed by atoms with Gasteiger partial charge in [0, 0.05) is 23.7 Å². The predicted molar refractivity (Wildman–Crippen MR) is 73.8 cm³/mol. The SMILES string of the molecule is C#CCSCCNC(=O)c1ccc(N)cc1N. The minimum atomic E-state index is -0.191. The van der Waals surface area contributed by atoms with Crippen molar-refractivity contribution >= 4 is 29.0 Å². The third kappa shape index (κ3) is 4.29. The highest BCUT2D eigenvalue weighted by Crippen LogP contribution is 2.15. The largest absolute Gasteiger partial charge is 0.399 e. The molecule has 0 aliphatic rings. The molecule has 0 aliphatic heterocycles. The van der Waals surface area contributed by atoms with E-state index in [2.05, 4.69) is 11.2 Å². The maximum atomic E-state index is 11.7. The van der Waals surface area contributed by atoms with E-state index in [0.717, 1.165) is 5.75 Å². The van der Waals surface area contributed by atoms with Gasteiger partial charge in [-0.25, -0.2) is 0 Å². The number of amides is 1. The molecule has 0 bridgehead atoms. The van der Waals surface area contributed by atoms with Gasteiger partial charge in [0.1, 0.15) is 0 Å². The summed E-state index contributed by atoms with van der Waals surface area (Å²) in [5.41, 5.74) is 12.6. The van der Waals surface area contributed by atoms with E-state index in [9.17, 15) is 4.79 Å². The fourth-order valence-corrected chi connectivity index (χ4v) is 1.76. The van der Waals surface area contributed by atoms with E-state index in [4.69, 9.17) is 17.9 Å². The van der Waals surface area contributed by atoms with Crippen LogP contribution in [0.3, 0.4) is 0 Å². The van der Waals surface area contributed by atoms with Crippen molar-refractivity contribution in [2.75, 3.05) is 29.5 Å². The maximum absolute atomic E-state index is 11.7. The van der Waals surface area contributed by atoms with Crippen molar-refractivity contribution in [1.29, 1.82) is 0 Å². The molecule has 4 nitrogen and oxygen atoms in total. The topological polar surface area (TPSA) is 81.1 Å². The van der Waals surface area contributed by atoms with Crippen LogP contribution < -0.4 is 16.8 Å². The fourth-order valence-electron chi connectivity index (χ4n) is 1.25. The molecule has 0 spiro atoms. The van der Waals surface area contributed by atoms with Crippen molar-refractivity contribution in [2.45, 2.75) is 0 Å². The Morgan fingerprint density at radius 2 is 2.24 bits per heavy atom. The van der Waals surface area contributed by atoms with Gasteiger partial charge in [-0.2, -0.15) is 0 Å². The second-order valence-corrected chi connectivity index (χ2v) is 4.46. The zero-order chi connectivity index (χ0) is 12.7. The standard InChI is InChI=1S/C12H15N3OS/c1-2-6-17-7-5-15-12(16)10-4-3-9(13)8-11(10)14/h1,3-4,8H,5-7,13-14H2,(H,15,16). The number of thioether (sulfide) groups is 1. The summed E-state index contributed by atoms with van der Waals surface area (Å²) in [5, 5.41) is 2.77. The Hall–Kier alpha value is -1.80. The van der Waals surface area contributed by atoms with Gasteiger partial charge in [0.25, 0.3) is 5.91 Å². The number of carbonyl (C=O) groups excluding carboxylic acids is 1. The van der Waals surface area contributed by atoms with Crippen LogP contribution in [-0.4, -0.2) is 24.0 Å². The molecule has 17 heavy (non-hydrogen) atoms. The van der Waals surface area contributed by atoms with Crippen LogP contribution in [0.15, 0.2) is 18.2 Å². The van der Waals surface area contributed by atoms with Gasteiger partial charge < -0.3 is 16.8 Å². The van der Waals surface area contributed by atoms with Crippen molar-refractivity contribution in [3.05, 3.63) is 23.8 Å². The van der Waals surface area contributed by atoms with E-state index in [1.165, 1.54) is 0 Å². The Kier molecular flexibility index (Phi) is 5.24. The summed E-state index contributed by atoms with van der Waals surface area (Å²) in [7, 11) is 0. The Labute approximate surface area is 105 Å². The van der Waals surface area contributed by atoms with Crippen LogP contribution >= 0.6 is 11.8 Å². The zero-order valence-corrected chi connectivity index (χ0v) is 10.2. The van der Waals surface area contributed by atoms with Crippen LogP contribution in [0, 0.1) is 12.3 Å². The summed E-state index contributed by atoms with van der Waals surface area (Å²) in [4.78, 5) is 11.7. The van der Waals surface area contributed by atoms with Gasteiger partial charge in [-0.1, -0.05) is 5.92 Å². The highest BCUT2D eigenvalue weighted by molar-refractivity contribution is 7.99. The maximum Gasteiger partial charge on any atom is 0.253 e. The third-order valence-corrected chi connectivity index (χ3v) is 2.90. The normalized spacial score (nSPS) is 9.59. The van der Waals surface area contributed by atoms with Crippen molar-refractivity contribution < 1.29 is 4.79 Å². The molecule has 5 N–H and O–H groups in total. The van der Waals surface area contributed by atoms with Gasteiger partial charge in [-0.15, -0.1) is 18.2 Å². The number of hydrogen-bond acceptors (Lipinski definition) is 4. The monoisotopic (exact) mass is 249 g/mol. The lowest BCUT2D eigenvalue weighted by molar-refractivity contribution is 0.0957. The van der Waals surface area contributed by atoms with Crippen molar-refractivity contribution in [1.82, 2.24) is 5.32 Å². The molecule has 0 aliphatic carbocycles. The highest BCUT2D eigenvalue weighted by atomic mass is 32.2. The molecule has 1 amide bonds. The van der Waals surface area contributed by atoms with Gasteiger partial charge in [-0.3, -0.25) is 4.79 Å². The molecule has 0 atom stereocenters. The smallest absolute Gasteiger partial charge is 0.253 e. The first-order valence-corrected chi connectivity index (χ1v) is 6.25. The molecule has 0 saturated heterocycles. The predicted octanol–water partition coefficient (Wildman–Crippen LogP) is 0.947. The summed E-state index contributed by atoms with van der Waals surface area (Å²) in [6, 6.07) is 4.84. The summed E-state index contributed by atoms with van der Waals surface area (Å²) in [6.07, 6.45) is 5.11. The average molecular weight is 249 g/mol. The van der Waals surface area contributed by atoms with E-state index in [0.29, 0.717) is 29.2 Å². The lowest BCUT2D eigenvalue weighted by Crippen LogP contribution is -2.26. The summed E-state index contributed by atoms with van der Waals surface area (Å²) in [5.74, 6) is 3.76. The molecular weight excluding hydrogens is 234 g/mol. The molecule has 90 valence electrons. The zero-order valence-electron chi connectivity index (χ0n) is 9.40. The molecule has 1 rings (SSSR count). The first kappa shape index (κ1) is 13.3. The summed E-state index contributed by atoms with van der Waals surface area (Å²) >= 11 is 1.59. The van der Waals surface area contributed by atoms with Crippen LogP contribution in [0.2, 0.25) is 0 Å². The number of carbonyl (C=O) groups is 1. The minimum absolute atomic E-state index is 0.191. The van der Waals surface area contributed by atoms with Crippen LogP contribution in [-0.2, 0) is 0 Å². The fraction of sp³-hybridized carbons (Fsp3) is 0.250. The van der Waals surface area contributed by atoms with Crippen LogP contribution in [0.4, 0.5) is 11.4 Å². The molecule has 1 aromatic carbocycles. The highest BCUT2D eigenvalue weighted by Gasteiger charge is 2.08. The Morgan fingerprint density at radius 3 is 2.88 bits per heavy atom. The van der Waals surface area contributed by atoms with E-state index < -0.39 is 0 Å². The second-order valence-electron chi connectivity index (χ2n) is 3.36. The molecule has 0 heterocycles.